The summed E-state index contributed by atoms with van der Waals surface area (Å²) in [4.78, 5) is 35.4. The van der Waals surface area contributed by atoms with Gasteiger partial charge >= 0.3 is 19.8 Å². The van der Waals surface area contributed by atoms with Crippen molar-refractivity contribution < 1.29 is 42.1 Å². The predicted molar refractivity (Wildman–Crippen MR) is 243 cm³/mol. The van der Waals surface area contributed by atoms with Gasteiger partial charge in [0.15, 0.2) is 6.10 Å². The number of unbranched alkanes of at least 4 members (excludes halogenated alkanes) is 17. The number of nitrogens with zero attached hydrogens (tertiary/aromatic N) is 1. The van der Waals surface area contributed by atoms with Gasteiger partial charge in [-0.25, -0.2) is 4.57 Å². The zero-order valence-electron chi connectivity index (χ0n) is 37.8. The molecule has 0 spiro atoms. The number of carbonyl (C=O) groups is 2. The average Bonchev–Trinajstić information content (AvgIpc) is 3.17. The first kappa shape index (κ1) is 55.7. The van der Waals surface area contributed by atoms with E-state index < -0.39 is 26.5 Å². The van der Waals surface area contributed by atoms with E-state index in [9.17, 15) is 19.0 Å². The van der Waals surface area contributed by atoms with Crippen LogP contribution in [0.2, 0.25) is 0 Å². The van der Waals surface area contributed by atoms with Crippen molar-refractivity contribution in [2.45, 2.75) is 187 Å². The maximum absolute atomic E-state index is 12.7. The summed E-state index contributed by atoms with van der Waals surface area (Å²) in [7, 11) is 1.45. The van der Waals surface area contributed by atoms with Gasteiger partial charge in [0.05, 0.1) is 27.7 Å². The summed E-state index contributed by atoms with van der Waals surface area (Å²) in [6.45, 7) is 4.27. The van der Waals surface area contributed by atoms with Crippen LogP contribution in [-0.2, 0) is 32.7 Å². The van der Waals surface area contributed by atoms with Crippen LogP contribution in [0.1, 0.15) is 181 Å². The molecule has 1 N–H and O–H groups in total. The molecule has 0 aliphatic heterocycles. The minimum absolute atomic E-state index is 0.0234. The Morgan fingerprint density at radius 2 is 0.983 bits per heavy atom. The molecular formula is C48H87NO8P+. The molecule has 0 aromatic carbocycles. The van der Waals surface area contributed by atoms with Crippen LogP contribution in [0.3, 0.4) is 0 Å². The van der Waals surface area contributed by atoms with Crippen LogP contribution >= 0.6 is 7.82 Å². The fourth-order valence-electron chi connectivity index (χ4n) is 5.98. The number of ether oxygens (including phenoxy) is 2. The smallest absolute Gasteiger partial charge is 0.462 e. The molecule has 58 heavy (non-hydrogen) atoms. The molecule has 10 heteroatoms. The maximum Gasteiger partial charge on any atom is 0.472 e. The van der Waals surface area contributed by atoms with Crippen LogP contribution in [-0.4, -0.2) is 74.9 Å². The normalized spacial score (nSPS) is 14.1. The Kier molecular flexibility index (Phi) is 38.5. The molecule has 2 atom stereocenters. The molecule has 0 aliphatic rings. The van der Waals surface area contributed by atoms with Crippen LogP contribution in [0.25, 0.3) is 0 Å². The van der Waals surface area contributed by atoms with E-state index in [0.29, 0.717) is 17.4 Å². The Balaban J connectivity index is 4.40. The summed E-state index contributed by atoms with van der Waals surface area (Å²) in [5.74, 6) is -0.835. The van der Waals surface area contributed by atoms with E-state index in [4.69, 9.17) is 18.5 Å². The molecule has 0 saturated heterocycles. The lowest BCUT2D eigenvalue weighted by molar-refractivity contribution is -0.870. The number of carbonyl (C=O) groups excluding carboxylic acids is 2. The highest BCUT2D eigenvalue weighted by Gasteiger charge is 2.27. The summed E-state index contributed by atoms with van der Waals surface area (Å²) in [5.41, 5.74) is 0. The van der Waals surface area contributed by atoms with Crippen molar-refractivity contribution in [1.29, 1.82) is 0 Å². The number of allylic oxidation sites excluding steroid dienone is 10. The number of hydrogen-bond donors (Lipinski definition) is 1. The molecule has 0 radical (unpaired) electrons. The fraction of sp³-hybridized carbons (Fsp3) is 0.750. The number of esters is 2. The molecule has 9 nitrogen and oxygen atoms in total. The molecule has 0 bridgehead atoms. The Hall–Kier alpha value is -2.29. The molecule has 0 aromatic heterocycles. The minimum Gasteiger partial charge on any atom is -0.462 e. The van der Waals surface area contributed by atoms with Crippen LogP contribution in [0.5, 0.6) is 0 Å². The first-order chi connectivity index (χ1) is 28.0. The molecule has 0 aromatic rings. The second kappa shape index (κ2) is 40.1. The Morgan fingerprint density at radius 1 is 0.552 bits per heavy atom. The van der Waals surface area contributed by atoms with Gasteiger partial charge in [-0.3, -0.25) is 18.6 Å². The van der Waals surface area contributed by atoms with E-state index in [2.05, 4.69) is 74.6 Å². The third kappa shape index (κ3) is 43.3. The van der Waals surface area contributed by atoms with E-state index in [0.717, 1.165) is 70.6 Å². The Morgan fingerprint density at radius 3 is 1.47 bits per heavy atom. The van der Waals surface area contributed by atoms with E-state index >= 15 is 0 Å². The summed E-state index contributed by atoms with van der Waals surface area (Å²) in [6.07, 6.45) is 48.4. The molecule has 0 aliphatic carbocycles. The Bertz CT molecular complexity index is 1170. The molecule has 0 amide bonds. The maximum atomic E-state index is 12.7. The van der Waals surface area contributed by atoms with Crippen LogP contribution in [0.15, 0.2) is 60.8 Å². The second-order valence-electron chi connectivity index (χ2n) is 16.4. The van der Waals surface area contributed by atoms with Gasteiger partial charge in [-0.1, -0.05) is 171 Å². The van der Waals surface area contributed by atoms with E-state index in [1.165, 1.54) is 77.0 Å². The largest absolute Gasteiger partial charge is 0.472 e. The Labute approximate surface area is 356 Å². The van der Waals surface area contributed by atoms with E-state index in [1.807, 2.05) is 21.1 Å². The third-order valence-corrected chi connectivity index (χ3v) is 10.5. The zero-order chi connectivity index (χ0) is 42.8. The highest BCUT2D eigenvalue weighted by Crippen LogP contribution is 2.43. The van der Waals surface area contributed by atoms with E-state index in [1.54, 1.807) is 0 Å². The number of phosphoric acid groups is 1. The van der Waals surface area contributed by atoms with Gasteiger partial charge in [0.25, 0.3) is 0 Å². The van der Waals surface area contributed by atoms with Crippen LogP contribution in [0.4, 0.5) is 0 Å². The lowest BCUT2D eigenvalue weighted by Crippen LogP contribution is -2.37. The van der Waals surface area contributed by atoms with Crippen molar-refractivity contribution in [3.8, 4) is 0 Å². The van der Waals surface area contributed by atoms with Crippen LogP contribution in [0, 0.1) is 0 Å². The van der Waals surface area contributed by atoms with Crippen molar-refractivity contribution in [2.24, 2.45) is 0 Å². The summed E-state index contributed by atoms with van der Waals surface area (Å²) in [6, 6.07) is 0. The summed E-state index contributed by atoms with van der Waals surface area (Å²) in [5, 5.41) is 0. The van der Waals surface area contributed by atoms with Crippen molar-refractivity contribution in [2.75, 3.05) is 47.5 Å². The number of quaternary nitrogens is 1. The first-order valence-corrected chi connectivity index (χ1v) is 24.5. The predicted octanol–water partition coefficient (Wildman–Crippen LogP) is 13.2. The zero-order valence-corrected chi connectivity index (χ0v) is 38.7. The molecule has 0 saturated carbocycles. The fourth-order valence-corrected chi connectivity index (χ4v) is 6.72. The monoisotopic (exact) mass is 837 g/mol. The number of likely N-dealkylation sites (N-methyl/N-ethyl adjacent to an activating group) is 1. The van der Waals surface area contributed by atoms with Gasteiger partial charge in [0, 0.05) is 12.8 Å². The highest BCUT2D eigenvalue weighted by molar-refractivity contribution is 7.47. The lowest BCUT2D eigenvalue weighted by atomic mass is 10.0. The first-order valence-electron chi connectivity index (χ1n) is 23.0. The number of rotatable bonds is 41. The molecule has 0 fully saturated rings. The molecule has 0 rings (SSSR count). The topological polar surface area (TPSA) is 108 Å². The van der Waals surface area contributed by atoms with Gasteiger partial charge < -0.3 is 18.9 Å². The molecule has 0 heterocycles. The van der Waals surface area contributed by atoms with Crippen molar-refractivity contribution >= 4 is 19.8 Å². The van der Waals surface area contributed by atoms with Gasteiger partial charge in [-0.15, -0.1) is 0 Å². The van der Waals surface area contributed by atoms with E-state index in [-0.39, 0.29) is 32.0 Å². The molecular weight excluding hydrogens is 750 g/mol. The lowest BCUT2D eigenvalue weighted by Gasteiger charge is -2.24. The molecule has 1 unspecified atom stereocenters. The standard InChI is InChI=1S/C48H86NO8P/c1-6-8-10-12-14-16-18-20-22-23-24-25-27-29-31-33-35-37-39-41-48(51)57-46(45-56-58(52,53)55-43-42-49(3,4)5)44-54-47(50)40-38-36-34-32-30-28-26-21-19-17-15-13-11-9-7-2/h8,10,14,16,20,22,24-25,29,31,46H,6-7,9,11-13,15,17-19,21,23,26-28,30,32-45H2,1-5H3/p+1/b10-8-,16-14-,22-20-,25-24-,31-29-/t46-/m1/s1. The van der Waals surface area contributed by atoms with Crippen molar-refractivity contribution in [1.82, 2.24) is 0 Å². The van der Waals surface area contributed by atoms with Gasteiger partial charge in [-0.2, -0.15) is 0 Å². The summed E-state index contributed by atoms with van der Waals surface area (Å²) >= 11 is 0. The average molecular weight is 837 g/mol. The summed E-state index contributed by atoms with van der Waals surface area (Å²) < 4.78 is 34.3. The quantitative estimate of drug-likeness (QED) is 0.0213. The molecule has 336 valence electrons. The van der Waals surface area contributed by atoms with Gasteiger partial charge in [-0.05, 0) is 57.8 Å². The highest BCUT2D eigenvalue weighted by atomic mass is 31.2. The van der Waals surface area contributed by atoms with Gasteiger partial charge in [0.1, 0.15) is 19.8 Å². The second-order valence-corrected chi connectivity index (χ2v) is 17.9. The number of phosphoric ester groups is 1. The van der Waals surface area contributed by atoms with Gasteiger partial charge in [0.2, 0.25) is 0 Å². The van der Waals surface area contributed by atoms with Crippen molar-refractivity contribution in [3.05, 3.63) is 60.8 Å². The van der Waals surface area contributed by atoms with Crippen LogP contribution < -0.4 is 0 Å². The SMILES string of the molecule is CC/C=C\C/C=C\C/C=C\C/C=C\C/C=C\CCCCCC(=O)O[C@H](COC(=O)CCCCCCCCCCCCCCCCC)COP(=O)(O)OCC[N+](C)(C)C. The van der Waals surface area contributed by atoms with Crippen molar-refractivity contribution in [3.63, 3.8) is 0 Å². The third-order valence-electron chi connectivity index (χ3n) is 9.56. The minimum atomic E-state index is -4.39. The number of hydrogen-bond acceptors (Lipinski definition) is 7.